The van der Waals surface area contributed by atoms with Crippen molar-refractivity contribution >= 4 is 24.6 Å². The SMILES string of the molecule is CC1(C)OB(c2ccc(-c3cnc(C4CCCN4C(=O)C(NC(=O)O)c4ccccc4)[nH]3)cc2)OC1(C)C. The minimum Gasteiger partial charge on any atom is -0.465 e. The van der Waals surface area contributed by atoms with E-state index in [9.17, 15) is 14.7 Å². The molecule has 2 saturated heterocycles. The lowest BCUT2D eigenvalue weighted by molar-refractivity contribution is -0.134. The van der Waals surface area contributed by atoms with Crippen molar-refractivity contribution in [3.8, 4) is 11.3 Å². The highest BCUT2D eigenvalue weighted by atomic mass is 16.7. The van der Waals surface area contributed by atoms with Gasteiger partial charge in [-0.2, -0.15) is 0 Å². The minimum absolute atomic E-state index is 0.262. The van der Waals surface area contributed by atoms with Gasteiger partial charge in [0.15, 0.2) is 0 Å². The Kier molecular flexibility index (Phi) is 6.79. The number of rotatable bonds is 6. The molecule has 3 aromatic rings. The molecule has 3 heterocycles. The van der Waals surface area contributed by atoms with Crippen molar-refractivity contribution in [3.63, 3.8) is 0 Å². The molecule has 38 heavy (non-hydrogen) atoms. The number of nitrogens with one attached hydrogen (secondary N) is 2. The number of benzene rings is 2. The molecule has 2 fully saturated rings. The number of H-pyrrole nitrogens is 1. The van der Waals surface area contributed by atoms with Crippen molar-refractivity contribution in [1.82, 2.24) is 20.2 Å². The van der Waals surface area contributed by atoms with Gasteiger partial charge in [0, 0.05) is 6.54 Å². The average Bonchev–Trinajstić information content (AvgIpc) is 3.60. The van der Waals surface area contributed by atoms with Crippen LogP contribution in [-0.4, -0.2) is 56.8 Å². The van der Waals surface area contributed by atoms with Crippen LogP contribution in [0.15, 0.2) is 60.8 Å². The summed E-state index contributed by atoms with van der Waals surface area (Å²) < 4.78 is 12.3. The maximum atomic E-state index is 13.5. The Morgan fingerprint density at radius 1 is 1.08 bits per heavy atom. The van der Waals surface area contributed by atoms with Crippen LogP contribution in [0, 0.1) is 0 Å². The monoisotopic (exact) mass is 516 g/mol. The van der Waals surface area contributed by atoms with E-state index in [1.54, 1.807) is 35.4 Å². The third-order valence-electron chi connectivity index (χ3n) is 7.84. The first-order chi connectivity index (χ1) is 18.1. The standard InChI is InChI=1S/C28H33BN4O5/c1-27(2)28(3,4)38-29(37-27)20-14-12-18(13-15-20)21-17-30-24(31-21)22-11-8-16-33(22)25(34)23(32-26(35)36)19-9-6-5-7-10-19/h5-7,9-10,12-15,17,22-23,32H,8,11,16H2,1-4H3,(H,30,31)(H,35,36). The highest BCUT2D eigenvalue weighted by Crippen LogP contribution is 2.37. The van der Waals surface area contributed by atoms with Gasteiger partial charge in [0.2, 0.25) is 0 Å². The lowest BCUT2D eigenvalue weighted by atomic mass is 9.79. The molecule has 2 atom stereocenters. The number of aromatic nitrogens is 2. The molecule has 0 radical (unpaired) electrons. The highest BCUT2D eigenvalue weighted by molar-refractivity contribution is 6.62. The zero-order chi connectivity index (χ0) is 27.1. The highest BCUT2D eigenvalue weighted by Gasteiger charge is 2.51. The Morgan fingerprint density at radius 2 is 1.74 bits per heavy atom. The van der Waals surface area contributed by atoms with Gasteiger partial charge in [-0.25, -0.2) is 9.78 Å². The van der Waals surface area contributed by atoms with Crippen LogP contribution in [-0.2, 0) is 14.1 Å². The Hall–Kier alpha value is -3.63. The molecule has 198 valence electrons. The van der Waals surface area contributed by atoms with Gasteiger partial charge in [-0.05, 0) is 57.1 Å². The lowest BCUT2D eigenvalue weighted by Gasteiger charge is -2.32. The van der Waals surface area contributed by atoms with Gasteiger partial charge in [-0.3, -0.25) is 4.79 Å². The second-order valence-electron chi connectivity index (χ2n) is 10.9. The van der Waals surface area contributed by atoms with Crippen LogP contribution in [0.1, 0.15) is 64.0 Å². The van der Waals surface area contributed by atoms with Crippen molar-refractivity contribution in [1.29, 1.82) is 0 Å². The van der Waals surface area contributed by atoms with Crippen LogP contribution in [0.5, 0.6) is 0 Å². The van der Waals surface area contributed by atoms with Crippen molar-refractivity contribution in [2.75, 3.05) is 6.54 Å². The van der Waals surface area contributed by atoms with Crippen molar-refractivity contribution in [2.24, 2.45) is 0 Å². The van der Waals surface area contributed by atoms with Gasteiger partial charge in [0.05, 0.1) is 29.1 Å². The summed E-state index contributed by atoms with van der Waals surface area (Å²) in [5.41, 5.74) is 2.53. The van der Waals surface area contributed by atoms with E-state index < -0.39 is 30.5 Å². The Bertz CT molecular complexity index is 1290. The molecule has 2 aliphatic rings. The van der Waals surface area contributed by atoms with Crippen molar-refractivity contribution < 1.29 is 24.0 Å². The van der Waals surface area contributed by atoms with E-state index in [-0.39, 0.29) is 11.9 Å². The molecule has 2 aromatic carbocycles. The number of likely N-dealkylation sites (tertiary alicyclic amines) is 1. The molecular formula is C28H33BN4O5. The largest absolute Gasteiger partial charge is 0.494 e. The molecular weight excluding hydrogens is 483 g/mol. The van der Waals surface area contributed by atoms with Gasteiger partial charge in [-0.1, -0.05) is 54.6 Å². The number of hydrogen-bond donors (Lipinski definition) is 3. The summed E-state index contributed by atoms with van der Waals surface area (Å²) in [6.45, 7) is 8.66. The average molecular weight is 516 g/mol. The fourth-order valence-corrected chi connectivity index (χ4v) is 4.99. The first-order valence-corrected chi connectivity index (χ1v) is 12.9. The van der Waals surface area contributed by atoms with Gasteiger partial charge >= 0.3 is 13.2 Å². The molecule has 3 N–H and O–H groups in total. The Morgan fingerprint density at radius 3 is 2.37 bits per heavy atom. The summed E-state index contributed by atoms with van der Waals surface area (Å²) in [4.78, 5) is 34.7. The summed E-state index contributed by atoms with van der Waals surface area (Å²) >= 11 is 0. The summed E-state index contributed by atoms with van der Waals surface area (Å²) in [5.74, 6) is 0.397. The van der Waals surface area contributed by atoms with Gasteiger partial charge in [-0.15, -0.1) is 0 Å². The molecule has 9 nitrogen and oxygen atoms in total. The predicted octanol–water partition coefficient (Wildman–Crippen LogP) is 4.05. The number of carbonyl (C=O) groups excluding carboxylic acids is 1. The van der Waals surface area contributed by atoms with E-state index in [2.05, 4.69) is 15.3 Å². The van der Waals surface area contributed by atoms with E-state index in [4.69, 9.17) is 9.31 Å². The van der Waals surface area contributed by atoms with E-state index in [0.29, 0.717) is 17.9 Å². The topological polar surface area (TPSA) is 117 Å². The molecule has 5 rings (SSSR count). The van der Waals surface area contributed by atoms with Crippen LogP contribution >= 0.6 is 0 Å². The smallest absolute Gasteiger partial charge is 0.465 e. The maximum Gasteiger partial charge on any atom is 0.494 e. The zero-order valence-electron chi connectivity index (χ0n) is 22.1. The van der Waals surface area contributed by atoms with E-state index in [1.807, 2.05) is 58.0 Å². The van der Waals surface area contributed by atoms with Crippen LogP contribution in [0.4, 0.5) is 4.79 Å². The van der Waals surface area contributed by atoms with E-state index >= 15 is 0 Å². The Balaban J connectivity index is 1.33. The minimum atomic E-state index is -1.24. The van der Waals surface area contributed by atoms with Gasteiger partial charge < -0.3 is 29.6 Å². The molecule has 0 saturated carbocycles. The first kappa shape index (κ1) is 26.0. The number of carbonyl (C=O) groups is 2. The number of nitrogens with zero attached hydrogens (tertiary/aromatic N) is 2. The molecule has 2 unspecified atom stereocenters. The third-order valence-corrected chi connectivity index (χ3v) is 7.84. The van der Waals surface area contributed by atoms with Crippen LogP contribution < -0.4 is 10.8 Å². The molecule has 2 aliphatic heterocycles. The normalized spacial score (nSPS) is 20.9. The molecule has 0 aliphatic carbocycles. The zero-order valence-corrected chi connectivity index (χ0v) is 22.1. The number of amides is 2. The maximum absolute atomic E-state index is 13.5. The Labute approximate surface area is 222 Å². The fraction of sp³-hybridized carbons (Fsp3) is 0.393. The fourth-order valence-electron chi connectivity index (χ4n) is 4.99. The molecule has 0 bridgehead atoms. The summed E-state index contributed by atoms with van der Waals surface area (Å²) in [5, 5.41) is 11.8. The van der Waals surface area contributed by atoms with Crippen LogP contribution in [0.25, 0.3) is 11.3 Å². The number of hydrogen-bond acceptors (Lipinski definition) is 5. The second-order valence-corrected chi connectivity index (χ2v) is 10.9. The summed E-state index contributed by atoms with van der Waals surface area (Å²) in [7, 11) is -0.429. The van der Waals surface area contributed by atoms with Gasteiger partial charge in [0.25, 0.3) is 5.91 Å². The van der Waals surface area contributed by atoms with E-state index in [0.717, 1.165) is 29.6 Å². The molecule has 10 heteroatoms. The van der Waals surface area contributed by atoms with Crippen LogP contribution in [0.3, 0.4) is 0 Å². The quantitative estimate of drug-likeness (QED) is 0.426. The number of aromatic amines is 1. The summed E-state index contributed by atoms with van der Waals surface area (Å²) in [6, 6.07) is 15.6. The third kappa shape index (κ3) is 4.93. The predicted molar refractivity (Wildman–Crippen MR) is 144 cm³/mol. The lowest BCUT2D eigenvalue weighted by Crippen LogP contribution is -2.42. The number of imidazole rings is 1. The number of carboxylic acid groups (broad SMARTS) is 1. The first-order valence-electron chi connectivity index (χ1n) is 12.9. The molecule has 2 amide bonds. The molecule has 1 aromatic heterocycles. The van der Waals surface area contributed by atoms with Crippen molar-refractivity contribution in [3.05, 3.63) is 72.2 Å². The van der Waals surface area contributed by atoms with Crippen molar-refractivity contribution in [2.45, 2.75) is 63.8 Å². The van der Waals surface area contributed by atoms with Crippen LogP contribution in [0.2, 0.25) is 0 Å². The summed E-state index contributed by atoms with van der Waals surface area (Å²) in [6.07, 6.45) is 2.08. The van der Waals surface area contributed by atoms with E-state index in [1.165, 1.54) is 0 Å². The molecule has 0 spiro atoms. The second kappa shape index (κ2) is 9.92. The van der Waals surface area contributed by atoms with Gasteiger partial charge in [0.1, 0.15) is 11.9 Å².